The molecule has 0 aliphatic heterocycles. The van der Waals surface area contributed by atoms with Crippen LogP contribution in [0.2, 0.25) is 0 Å². The fourth-order valence-electron chi connectivity index (χ4n) is 3.01. The minimum absolute atomic E-state index is 0.137. The van der Waals surface area contributed by atoms with Gasteiger partial charge >= 0.3 is 5.69 Å². The highest BCUT2D eigenvalue weighted by molar-refractivity contribution is 5.76. The SMILES string of the molecule is Cn1c(=O)n(C2CCCCC2)c2ccccc21. The maximum Gasteiger partial charge on any atom is 0.329 e. The summed E-state index contributed by atoms with van der Waals surface area (Å²) in [5, 5.41) is 0. The zero-order valence-electron chi connectivity index (χ0n) is 10.2. The first-order chi connectivity index (χ1) is 8.29. The molecule has 1 aromatic carbocycles. The Kier molecular flexibility index (Phi) is 2.54. The van der Waals surface area contributed by atoms with Crippen LogP contribution in [-0.2, 0) is 7.05 Å². The highest BCUT2D eigenvalue weighted by atomic mass is 16.1. The second-order valence-corrected chi connectivity index (χ2v) is 4.99. The third-order valence-electron chi connectivity index (χ3n) is 3.94. The van der Waals surface area contributed by atoms with E-state index in [0.29, 0.717) is 6.04 Å². The number of rotatable bonds is 1. The molecule has 3 nitrogen and oxygen atoms in total. The van der Waals surface area contributed by atoms with Crippen molar-refractivity contribution >= 4 is 11.0 Å². The summed E-state index contributed by atoms with van der Waals surface area (Å²) < 4.78 is 3.78. The Morgan fingerprint density at radius 3 is 2.41 bits per heavy atom. The molecule has 1 fully saturated rings. The van der Waals surface area contributed by atoms with Crippen molar-refractivity contribution in [2.75, 3.05) is 0 Å². The van der Waals surface area contributed by atoms with E-state index in [0.717, 1.165) is 23.9 Å². The van der Waals surface area contributed by atoms with Crippen LogP contribution < -0.4 is 5.69 Å². The quantitative estimate of drug-likeness (QED) is 0.740. The zero-order valence-corrected chi connectivity index (χ0v) is 10.2. The second-order valence-electron chi connectivity index (χ2n) is 4.99. The van der Waals surface area contributed by atoms with Gasteiger partial charge in [-0.05, 0) is 25.0 Å². The molecule has 1 aliphatic rings. The van der Waals surface area contributed by atoms with Gasteiger partial charge in [-0.3, -0.25) is 9.13 Å². The molecule has 0 unspecified atom stereocenters. The summed E-state index contributed by atoms with van der Waals surface area (Å²) in [5.74, 6) is 0. The lowest BCUT2D eigenvalue weighted by atomic mass is 9.95. The predicted molar refractivity (Wildman–Crippen MR) is 69.3 cm³/mol. The summed E-state index contributed by atoms with van der Waals surface area (Å²) in [6, 6.07) is 8.50. The first-order valence-corrected chi connectivity index (χ1v) is 6.45. The molecule has 17 heavy (non-hydrogen) atoms. The van der Waals surface area contributed by atoms with Crippen molar-refractivity contribution in [2.24, 2.45) is 7.05 Å². The number of aryl methyl sites for hydroxylation is 1. The molecule has 90 valence electrons. The van der Waals surface area contributed by atoms with Crippen LogP contribution in [0.15, 0.2) is 29.1 Å². The van der Waals surface area contributed by atoms with Crippen molar-refractivity contribution in [1.29, 1.82) is 0 Å². The van der Waals surface area contributed by atoms with Crippen LogP contribution in [0.3, 0.4) is 0 Å². The molecule has 3 heteroatoms. The molecule has 1 saturated carbocycles. The highest BCUT2D eigenvalue weighted by Gasteiger charge is 2.20. The van der Waals surface area contributed by atoms with E-state index in [1.54, 1.807) is 4.57 Å². The van der Waals surface area contributed by atoms with Crippen LogP contribution in [0, 0.1) is 0 Å². The van der Waals surface area contributed by atoms with E-state index in [9.17, 15) is 4.79 Å². The molecule has 3 rings (SSSR count). The smallest absolute Gasteiger partial charge is 0.295 e. The average molecular weight is 230 g/mol. The van der Waals surface area contributed by atoms with Crippen molar-refractivity contribution in [1.82, 2.24) is 9.13 Å². The van der Waals surface area contributed by atoms with E-state index in [2.05, 4.69) is 6.07 Å². The van der Waals surface area contributed by atoms with Gasteiger partial charge < -0.3 is 0 Å². The normalized spacial score (nSPS) is 17.7. The monoisotopic (exact) mass is 230 g/mol. The number of aromatic nitrogens is 2. The third-order valence-corrected chi connectivity index (χ3v) is 3.94. The van der Waals surface area contributed by atoms with E-state index in [4.69, 9.17) is 0 Å². The summed E-state index contributed by atoms with van der Waals surface area (Å²) >= 11 is 0. The molecule has 0 N–H and O–H groups in total. The van der Waals surface area contributed by atoms with Crippen molar-refractivity contribution in [3.63, 3.8) is 0 Å². The molecule has 0 bridgehead atoms. The lowest BCUT2D eigenvalue weighted by Crippen LogP contribution is -2.27. The first kappa shape index (κ1) is 10.6. The van der Waals surface area contributed by atoms with E-state index in [-0.39, 0.29) is 5.69 Å². The molecule has 1 aromatic heterocycles. The molecule has 0 saturated heterocycles. The van der Waals surface area contributed by atoms with Crippen LogP contribution in [0.25, 0.3) is 11.0 Å². The maximum absolute atomic E-state index is 12.3. The third kappa shape index (κ3) is 1.61. The largest absolute Gasteiger partial charge is 0.329 e. The van der Waals surface area contributed by atoms with Gasteiger partial charge in [-0.1, -0.05) is 31.4 Å². The van der Waals surface area contributed by atoms with Crippen molar-refractivity contribution < 1.29 is 0 Å². The molecule has 0 atom stereocenters. The zero-order chi connectivity index (χ0) is 11.8. The standard InChI is InChI=1S/C14H18N2O/c1-15-12-9-5-6-10-13(12)16(14(15)17)11-7-3-2-4-8-11/h5-6,9-11H,2-4,7-8H2,1H3. The van der Waals surface area contributed by atoms with Crippen molar-refractivity contribution in [3.8, 4) is 0 Å². The minimum Gasteiger partial charge on any atom is -0.295 e. The van der Waals surface area contributed by atoms with Crippen LogP contribution in [0.1, 0.15) is 38.1 Å². The summed E-state index contributed by atoms with van der Waals surface area (Å²) in [5.41, 5.74) is 2.27. The number of imidazole rings is 1. The van der Waals surface area contributed by atoms with Crippen molar-refractivity contribution in [3.05, 3.63) is 34.7 Å². The summed E-state index contributed by atoms with van der Waals surface area (Å²) in [7, 11) is 1.87. The van der Waals surface area contributed by atoms with Gasteiger partial charge in [0.15, 0.2) is 0 Å². The van der Waals surface area contributed by atoms with Crippen LogP contribution in [0.4, 0.5) is 0 Å². The number of fused-ring (bicyclic) bond motifs is 1. The van der Waals surface area contributed by atoms with Crippen molar-refractivity contribution in [2.45, 2.75) is 38.1 Å². The number of para-hydroxylation sites is 2. The summed E-state index contributed by atoms with van der Waals surface area (Å²) in [4.78, 5) is 12.3. The molecule has 1 heterocycles. The maximum atomic E-state index is 12.3. The Morgan fingerprint density at radius 1 is 1.06 bits per heavy atom. The topological polar surface area (TPSA) is 26.9 Å². The minimum atomic E-state index is 0.137. The van der Waals surface area contributed by atoms with Gasteiger partial charge in [-0.15, -0.1) is 0 Å². The average Bonchev–Trinajstić information content (AvgIpc) is 2.64. The van der Waals surface area contributed by atoms with Gasteiger partial charge in [0.1, 0.15) is 0 Å². The van der Waals surface area contributed by atoms with E-state index < -0.39 is 0 Å². The van der Waals surface area contributed by atoms with Crippen LogP contribution >= 0.6 is 0 Å². The van der Waals surface area contributed by atoms with Gasteiger partial charge in [0, 0.05) is 13.1 Å². The molecule has 1 aliphatic carbocycles. The first-order valence-electron chi connectivity index (χ1n) is 6.45. The van der Waals surface area contributed by atoms with Gasteiger partial charge in [0.2, 0.25) is 0 Å². The Labute approximate surface area is 101 Å². The van der Waals surface area contributed by atoms with Gasteiger partial charge in [0.05, 0.1) is 11.0 Å². The fourth-order valence-corrected chi connectivity index (χ4v) is 3.01. The summed E-state index contributed by atoms with van der Waals surface area (Å²) in [6.45, 7) is 0. The van der Waals surface area contributed by atoms with Gasteiger partial charge in [-0.2, -0.15) is 0 Å². The highest BCUT2D eigenvalue weighted by Crippen LogP contribution is 2.29. The number of benzene rings is 1. The Balaban J connectivity index is 2.21. The van der Waals surface area contributed by atoms with E-state index >= 15 is 0 Å². The fraction of sp³-hybridized carbons (Fsp3) is 0.500. The van der Waals surface area contributed by atoms with Gasteiger partial charge in [-0.25, -0.2) is 4.79 Å². The molecule has 0 amide bonds. The lowest BCUT2D eigenvalue weighted by Gasteiger charge is -2.22. The summed E-state index contributed by atoms with van der Waals surface area (Å²) in [6.07, 6.45) is 6.11. The molecular weight excluding hydrogens is 212 g/mol. The number of hydrogen-bond donors (Lipinski definition) is 0. The van der Waals surface area contributed by atoms with E-state index in [1.165, 1.54) is 19.3 Å². The van der Waals surface area contributed by atoms with Gasteiger partial charge in [0.25, 0.3) is 0 Å². The van der Waals surface area contributed by atoms with Crippen LogP contribution in [-0.4, -0.2) is 9.13 Å². The molecule has 2 aromatic rings. The van der Waals surface area contributed by atoms with E-state index in [1.807, 2.05) is 29.8 Å². The number of hydrogen-bond acceptors (Lipinski definition) is 1. The molecule has 0 spiro atoms. The Hall–Kier alpha value is -1.51. The number of nitrogens with zero attached hydrogens (tertiary/aromatic N) is 2. The lowest BCUT2D eigenvalue weighted by molar-refractivity contribution is 0.351. The second kappa shape index (κ2) is 4.06. The molecule has 0 radical (unpaired) electrons. The molecular formula is C14H18N2O. The Bertz CT molecular complexity index is 588. The predicted octanol–water partition coefficient (Wildman–Crippen LogP) is 2.85. The van der Waals surface area contributed by atoms with Crippen LogP contribution in [0.5, 0.6) is 0 Å². The Morgan fingerprint density at radius 2 is 1.71 bits per heavy atom.